The average Bonchev–Trinajstić information content (AvgIpc) is 3.17. The second-order valence-electron chi connectivity index (χ2n) is 6.00. The van der Waals surface area contributed by atoms with E-state index in [9.17, 15) is 0 Å². The molecule has 126 valence electrons. The summed E-state index contributed by atoms with van der Waals surface area (Å²) in [6.45, 7) is 6.98. The Morgan fingerprint density at radius 3 is 2.52 bits per heavy atom. The maximum Gasteiger partial charge on any atom is 0.199 e. The van der Waals surface area contributed by atoms with E-state index in [0.29, 0.717) is 18.1 Å². The van der Waals surface area contributed by atoms with Gasteiger partial charge in [0.25, 0.3) is 0 Å². The predicted molar refractivity (Wildman–Crippen MR) is 95.8 cm³/mol. The van der Waals surface area contributed by atoms with Crippen LogP contribution >= 0.6 is 0 Å². The van der Waals surface area contributed by atoms with Gasteiger partial charge in [-0.1, -0.05) is 18.2 Å². The highest BCUT2D eigenvalue weighted by atomic mass is 16.6. The molecule has 0 aliphatic rings. The number of imidazole rings is 1. The number of hydrogen-bond acceptors (Lipinski definition) is 6. The molecule has 7 heteroatoms. The molecule has 0 saturated heterocycles. The van der Waals surface area contributed by atoms with Crippen molar-refractivity contribution in [3.05, 3.63) is 41.7 Å². The van der Waals surface area contributed by atoms with Crippen LogP contribution < -0.4 is 5.73 Å². The van der Waals surface area contributed by atoms with Crippen molar-refractivity contribution in [3.8, 4) is 22.6 Å². The van der Waals surface area contributed by atoms with Crippen molar-refractivity contribution in [2.24, 2.45) is 0 Å². The van der Waals surface area contributed by atoms with Crippen molar-refractivity contribution in [1.82, 2.24) is 24.8 Å². The SMILES string of the molecule is CCn1c(-c2nonc2N)nc2cncc(-c3c(C)cccc3C)c21. The predicted octanol–water partition coefficient (Wildman–Crippen LogP) is 3.37. The van der Waals surface area contributed by atoms with E-state index < -0.39 is 0 Å². The molecule has 25 heavy (non-hydrogen) atoms. The summed E-state index contributed by atoms with van der Waals surface area (Å²) in [7, 11) is 0. The summed E-state index contributed by atoms with van der Waals surface area (Å²) in [5.74, 6) is 0.864. The van der Waals surface area contributed by atoms with E-state index in [-0.39, 0.29) is 5.82 Å². The van der Waals surface area contributed by atoms with Crippen LogP contribution in [0.3, 0.4) is 0 Å². The zero-order valence-electron chi connectivity index (χ0n) is 14.3. The van der Waals surface area contributed by atoms with Crippen LogP contribution in [0.4, 0.5) is 5.82 Å². The molecule has 0 saturated carbocycles. The zero-order chi connectivity index (χ0) is 17.6. The molecule has 0 aliphatic carbocycles. The molecule has 3 heterocycles. The molecule has 0 spiro atoms. The Labute approximate surface area is 144 Å². The lowest BCUT2D eigenvalue weighted by Gasteiger charge is -2.13. The summed E-state index contributed by atoms with van der Waals surface area (Å²) < 4.78 is 6.83. The van der Waals surface area contributed by atoms with E-state index in [1.54, 1.807) is 6.20 Å². The molecule has 0 unspecified atom stereocenters. The van der Waals surface area contributed by atoms with Crippen molar-refractivity contribution in [3.63, 3.8) is 0 Å². The number of rotatable bonds is 3. The van der Waals surface area contributed by atoms with Gasteiger partial charge in [0.2, 0.25) is 0 Å². The quantitative estimate of drug-likeness (QED) is 0.617. The molecule has 4 rings (SSSR count). The molecule has 7 nitrogen and oxygen atoms in total. The van der Waals surface area contributed by atoms with Gasteiger partial charge >= 0.3 is 0 Å². The molecule has 4 aromatic rings. The van der Waals surface area contributed by atoms with Crippen molar-refractivity contribution in [1.29, 1.82) is 0 Å². The van der Waals surface area contributed by atoms with Crippen molar-refractivity contribution in [2.45, 2.75) is 27.3 Å². The highest BCUT2D eigenvalue weighted by molar-refractivity contribution is 5.95. The lowest BCUT2D eigenvalue weighted by molar-refractivity contribution is 0.310. The second kappa shape index (κ2) is 5.70. The average molecular weight is 334 g/mol. The van der Waals surface area contributed by atoms with E-state index in [1.165, 1.54) is 16.7 Å². The molecule has 0 amide bonds. The van der Waals surface area contributed by atoms with Gasteiger partial charge < -0.3 is 10.3 Å². The van der Waals surface area contributed by atoms with Gasteiger partial charge in [0, 0.05) is 18.3 Å². The second-order valence-corrected chi connectivity index (χ2v) is 6.00. The van der Waals surface area contributed by atoms with Gasteiger partial charge in [0.1, 0.15) is 5.52 Å². The van der Waals surface area contributed by atoms with Crippen LogP contribution in [0.1, 0.15) is 18.1 Å². The Hall–Kier alpha value is -3.22. The molecule has 0 aliphatic heterocycles. The van der Waals surface area contributed by atoms with Crippen molar-refractivity contribution >= 4 is 16.9 Å². The fraction of sp³-hybridized carbons (Fsp3) is 0.222. The van der Waals surface area contributed by atoms with Gasteiger partial charge in [-0.05, 0) is 47.8 Å². The number of pyridine rings is 1. The smallest absolute Gasteiger partial charge is 0.199 e. The number of nitrogen functional groups attached to an aromatic ring is 1. The maximum absolute atomic E-state index is 5.88. The minimum atomic E-state index is 0.228. The number of nitrogens with zero attached hydrogens (tertiary/aromatic N) is 5. The Bertz CT molecular complexity index is 1060. The number of fused-ring (bicyclic) bond motifs is 1. The van der Waals surface area contributed by atoms with Crippen LogP contribution in [0.15, 0.2) is 35.2 Å². The fourth-order valence-electron chi connectivity index (χ4n) is 3.35. The van der Waals surface area contributed by atoms with Gasteiger partial charge in [-0.3, -0.25) is 4.98 Å². The van der Waals surface area contributed by atoms with Crippen LogP contribution in [0.5, 0.6) is 0 Å². The first-order valence-corrected chi connectivity index (χ1v) is 8.11. The molecule has 3 aromatic heterocycles. The summed E-state index contributed by atoms with van der Waals surface area (Å²) in [6, 6.07) is 6.27. The first-order chi connectivity index (χ1) is 12.1. The minimum Gasteiger partial charge on any atom is -0.379 e. The topological polar surface area (TPSA) is 95.7 Å². The Morgan fingerprint density at radius 2 is 1.88 bits per heavy atom. The third-order valence-electron chi connectivity index (χ3n) is 4.44. The van der Waals surface area contributed by atoms with E-state index >= 15 is 0 Å². The van der Waals surface area contributed by atoms with Crippen molar-refractivity contribution < 1.29 is 4.63 Å². The third kappa shape index (κ3) is 2.27. The molecule has 0 bridgehead atoms. The van der Waals surface area contributed by atoms with Gasteiger partial charge in [-0.25, -0.2) is 9.61 Å². The van der Waals surface area contributed by atoms with Gasteiger partial charge in [-0.15, -0.1) is 0 Å². The molecule has 0 fully saturated rings. The van der Waals surface area contributed by atoms with Crippen LogP contribution in [-0.2, 0) is 6.54 Å². The third-order valence-corrected chi connectivity index (χ3v) is 4.44. The van der Waals surface area contributed by atoms with E-state index in [0.717, 1.165) is 16.6 Å². The van der Waals surface area contributed by atoms with E-state index in [2.05, 4.69) is 58.8 Å². The van der Waals surface area contributed by atoms with E-state index in [1.807, 2.05) is 6.20 Å². The summed E-state index contributed by atoms with van der Waals surface area (Å²) in [5, 5.41) is 7.58. The molecular weight excluding hydrogens is 316 g/mol. The van der Waals surface area contributed by atoms with Crippen LogP contribution in [0, 0.1) is 13.8 Å². The number of benzene rings is 1. The highest BCUT2D eigenvalue weighted by Crippen LogP contribution is 2.35. The zero-order valence-corrected chi connectivity index (χ0v) is 14.3. The Kier molecular flexibility index (Phi) is 3.49. The molecule has 1 aromatic carbocycles. The normalized spacial score (nSPS) is 11.3. The molecule has 0 atom stereocenters. The van der Waals surface area contributed by atoms with E-state index in [4.69, 9.17) is 15.3 Å². The van der Waals surface area contributed by atoms with Gasteiger partial charge in [0.05, 0.1) is 11.7 Å². The number of aromatic nitrogens is 5. The number of anilines is 1. The standard InChI is InChI=1S/C18H18N6O/c1-4-24-16-12(14-10(2)6-5-7-11(14)3)8-20-9-13(16)21-18(24)15-17(19)23-25-22-15/h5-9H,4H2,1-3H3,(H2,19,23). The Balaban J connectivity index is 2.09. The lowest BCUT2D eigenvalue weighted by atomic mass is 9.96. The van der Waals surface area contributed by atoms with Crippen LogP contribution in [-0.4, -0.2) is 24.8 Å². The Morgan fingerprint density at radius 1 is 1.12 bits per heavy atom. The first kappa shape index (κ1) is 15.3. The van der Waals surface area contributed by atoms with Gasteiger partial charge in [-0.2, -0.15) is 0 Å². The van der Waals surface area contributed by atoms with Crippen LogP contribution in [0.25, 0.3) is 33.7 Å². The lowest BCUT2D eigenvalue weighted by Crippen LogP contribution is -2.01. The monoisotopic (exact) mass is 334 g/mol. The highest BCUT2D eigenvalue weighted by Gasteiger charge is 2.21. The number of aryl methyl sites for hydroxylation is 3. The minimum absolute atomic E-state index is 0.228. The fourth-order valence-corrected chi connectivity index (χ4v) is 3.35. The summed E-state index contributed by atoms with van der Waals surface area (Å²) >= 11 is 0. The summed E-state index contributed by atoms with van der Waals surface area (Å²) in [4.78, 5) is 9.09. The number of nitrogens with two attached hydrogens (primary N) is 1. The summed E-state index contributed by atoms with van der Waals surface area (Å²) in [5.41, 5.74) is 12.7. The van der Waals surface area contributed by atoms with Crippen LogP contribution in [0.2, 0.25) is 0 Å². The first-order valence-electron chi connectivity index (χ1n) is 8.11. The van der Waals surface area contributed by atoms with Crippen molar-refractivity contribution in [2.75, 3.05) is 5.73 Å². The van der Waals surface area contributed by atoms with Gasteiger partial charge in [0.15, 0.2) is 17.3 Å². The molecule has 2 N–H and O–H groups in total. The number of hydrogen-bond donors (Lipinski definition) is 1. The maximum atomic E-state index is 5.88. The largest absolute Gasteiger partial charge is 0.379 e. The summed E-state index contributed by atoms with van der Waals surface area (Å²) in [6.07, 6.45) is 3.64. The molecule has 0 radical (unpaired) electrons. The molecular formula is C18H18N6O.